The van der Waals surface area contributed by atoms with Crippen LogP contribution in [0.3, 0.4) is 0 Å². The normalized spacial score (nSPS) is 11.2. The summed E-state index contributed by atoms with van der Waals surface area (Å²) in [6.07, 6.45) is 0. The SMILES string of the molecule is CC(=O)c1ccc(S(=O)(=O)NCc2ccc(C(=O)Nc3nncs3)cc2)cc1. The first kappa shape index (κ1) is 19.8. The van der Waals surface area contributed by atoms with Gasteiger partial charge in [-0.25, -0.2) is 13.1 Å². The van der Waals surface area contributed by atoms with Gasteiger partial charge in [0.25, 0.3) is 5.91 Å². The molecular formula is C18H16N4O4S2. The van der Waals surface area contributed by atoms with Crippen LogP contribution in [0, 0.1) is 0 Å². The molecule has 8 nitrogen and oxygen atoms in total. The van der Waals surface area contributed by atoms with Gasteiger partial charge in [0.05, 0.1) is 4.90 Å². The number of hydrogen-bond acceptors (Lipinski definition) is 7. The van der Waals surface area contributed by atoms with Crippen molar-refractivity contribution in [3.8, 4) is 0 Å². The van der Waals surface area contributed by atoms with Crippen molar-refractivity contribution in [2.75, 3.05) is 5.32 Å². The van der Waals surface area contributed by atoms with E-state index in [2.05, 4.69) is 20.2 Å². The number of aromatic nitrogens is 2. The predicted octanol–water partition coefficient (Wildman–Crippen LogP) is 2.47. The summed E-state index contributed by atoms with van der Waals surface area (Å²) in [6, 6.07) is 12.3. The van der Waals surface area contributed by atoms with Crippen LogP contribution in [-0.2, 0) is 16.6 Å². The van der Waals surface area contributed by atoms with Gasteiger partial charge in [0, 0.05) is 17.7 Å². The van der Waals surface area contributed by atoms with Crippen LogP contribution in [0.25, 0.3) is 0 Å². The molecule has 0 aliphatic carbocycles. The Kier molecular flexibility index (Phi) is 5.93. The molecule has 0 unspecified atom stereocenters. The van der Waals surface area contributed by atoms with Crippen LogP contribution in [0.1, 0.15) is 33.2 Å². The quantitative estimate of drug-likeness (QED) is 0.571. The standard InChI is InChI=1S/C18H16N4O4S2/c1-12(23)14-6-8-16(9-7-14)28(25,26)20-10-13-2-4-15(5-3-13)17(24)21-18-22-19-11-27-18/h2-9,11,20H,10H2,1H3,(H,21,22,24). The van der Waals surface area contributed by atoms with Crippen molar-refractivity contribution in [1.29, 1.82) is 0 Å². The Bertz CT molecular complexity index is 1080. The summed E-state index contributed by atoms with van der Waals surface area (Å²) < 4.78 is 27.2. The topological polar surface area (TPSA) is 118 Å². The van der Waals surface area contributed by atoms with E-state index in [0.717, 1.165) is 0 Å². The van der Waals surface area contributed by atoms with Gasteiger partial charge in [-0.15, -0.1) is 10.2 Å². The minimum atomic E-state index is -3.72. The molecule has 1 aromatic heterocycles. The van der Waals surface area contributed by atoms with Gasteiger partial charge in [-0.3, -0.25) is 14.9 Å². The highest BCUT2D eigenvalue weighted by Crippen LogP contribution is 2.14. The fraction of sp³-hybridized carbons (Fsp3) is 0.111. The summed E-state index contributed by atoms with van der Waals surface area (Å²) in [4.78, 5) is 23.4. The maximum absolute atomic E-state index is 12.4. The molecule has 3 rings (SSSR count). The van der Waals surface area contributed by atoms with E-state index < -0.39 is 10.0 Å². The van der Waals surface area contributed by atoms with E-state index in [1.807, 2.05) is 0 Å². The van der Waals surface area contributed by atoms with Crippen LogP contribution in [0.5, 0.6) is 0 Å². The van der Waals surface area contributed by atoms with Crippen molar-refractivity contribution in [2.45, 2.75) is 18.4 Å². The molecule has 2 N–H and O–H groups in total. The van der Waals surface area contributed by atoms with Crippen molar-refractivity contribution in [1.82, 2.24) is 14.9 Å². The van der Waals surface area contributed by atoms with E-state index in [1.54, 1.807) is 24.3 Å². The van der Waals surface area contributed by atoms with Gasteiger partial charge in [-0.1, -0.05) is 35.6 Å². The average Bonchev–Trinajstić information content (AvgIpc) is 3.20. The first-order chi connectivity index (χ1) is 13.3. The zero-order valence-corrected chi connectivity index (χ0v) is 16.4. The van der Waals surface area contributed by atoms with E-state index in [0.29, 0.717) is 21.8 Å². The Morgan fingerprint density at radius 1 is 1.00 bits per heavy atom. The van der Waals surface area contributed by atoms with Crippen molar-refractivity contribution in [2.24, 2.45) is 0 Å². The van der Waals surface area contributed by atoms with Crippen LogP contribution in [0.2, 0.25) is 0 Å². The average molecular weight is 416 g/mol. The molecule has 10 heteroatoms. The smallest absolute Gasteiger partial charge is 0.257 e. The monoisotopic (exact) mass is 416 g/mol. The van der Waals surface area contributed by atoms with E-state index >= 15 is 0 Å². The van der Waals surface area contributed by atoms with E-state index in [4.69, 9.17) is 0 Å². The number of Topliss-reactive ketones (excluding diaryl/α,β-unsaturated/α-hetero) is 1. The molecule has 0 saturated carbocycles. The highest BCUT2D eigenvalue weighted by atomic mass is 32.2. The lowest BCUT2D eigenvalue weighted by Crippen LogP contribution is -2.23. The van der Waals surface area contributed by atoms with E-state index in [1.165, 1.54) is 48.0 Å². The third-order valence-corrected chi connectivity index (χ3v) is 5.86. The number of ketones is 1. The van der Waals surface area contributed by atoms with Gasteiger partial charge in [0.1, 0.15) is 5.51 Å². The van der Waals surface area contributed by atoms with E-state index in [9.17, 15) is 18.0 Å². The zero-order chi connectivity index (χ0) is 20.1. The predicted molar refractivity (Wildman–Crippen MR) is 105 cm³/mol. The molecular weight excluding hydrogens is 400 g/mol. The number of benzene rings is 2. The van der Waals surface area contributed by atoms with Crippen molar-refractivity contribution in [3.63, 3.8) is 0 Å². The maximum Gasteiger partial charge on any atom is 0.257 e. The number of nitrogens with zero attached hydrogens (tertiary/aromatic N) is 2. The van der Waals surface area contributed by atoms with Crippen molar-refractivity contribution < 1.29 is 18.0 Å². The molecule has 0 saturated heterocycles. The summed E-state index contributed by atoms with van der Waals surface area (Å²) in [5.41, 5.74) is 3.07. The zero-order valence-electron chi connectivity index (χ0n) is 14.7. The fourth-order valence-electron chi connectivity index (χ4n) is 2.30. The molecule has 0 aliphatic heterocycles. The number of nitrogens with one attached hydrogen (secondary N) is 2. The molecule has 1 heterocycles. The molecule has 0 aliphatic rings. The summed E-state index contributed by atoms with van der Waals surface area (Å²) in [5.74, 6) is -0.457. The summed E-state index contributed by atoms with van der Waals surface area (Å²) in [6.45, 7) is 1.48. The van der Waals surface area contributed by atoms with Gasteiger partial charge in [-0.05, 0) is 36.8 Å². The Morgan fingerprint density at radius 3 is 2.21 bits per heavy atom. The van der Waals surface area contributed by atoms with Gasteiger partial charge < -0.3 is 0 Å². The highest BCUT2D eigenvalue weighted by Gasteiger charge is 2.14. The van der Waals surface area contributed by atoms with Crippen LogP contribution < -0.4 is 10.0 Å². The second-order valence-electron chi connectivity index (χ2n) is 5.80. The molecule has 2 aromatic carbocycles. The van der Waals surface area contributed by atoms with Gasteiger partial charge >= 0.3 is 0 Å². The minimum Gasteiger partial charge on any atom is -0.296 e. The number of rotatable bonds is 7. The molecule has 28 heavy (non-hydrogen) atoms. The summed E-state index contributed by atoms with van der Waals surface area (Å²) >= 11 is 1.21. The summed E-state index contributed by atoms with van der Waals surface area (Å²) in [5, 5.41) is 10.4. The lowest BCUT2D eigenvalue weighted by atomic mass is 10.1. The fourth-order valence-corrected chi connectivity index (χ4v) is 3.76. The first-order valence-electron chi connectivity index (χ1n) is 8.12. The van der Waals surface area contributed by atoms with Crippen molar-refractivity contribution in [3.05, 3.63) is 70.7 Å². The number of carbonyl (C=O) groups is 2. The molecule has 0 radical (unpaired) electrons. The van der Waals surface area contributed by atoms with Gasteiger partial charge in [-0.2, -0.15) is 0 Å². The molecule has 1 amide bonds. The summed E-state index contributed by atoms with van der Waals surface area (Å²) in [7, 11) is -3.72. The van der Waals surface area contributed by atoms with Crippen LogP contribution in [0.4, 0.5) is 5.13 Å². The second kappa shape index (κ2) is 8.38. The Hall–Kier alpha value is -2.95. The molecule has 3 aromatic rings. The Balaban J connectivity index is 1.62. The number of sulfonamides is 1. The third-order valence-electron chi connectivity index (χ3n) is 3.83. The maximum atomic E-state index is 12.4. The minimum absolute atomic E-state index is 0.0646. The largest absolute Gasteiger partial charge is 0.296 e. The van der Waals surface area contributed by atoms with Gasteiger partial charge in [0.15, 0.2) is 5.78 Å². The number of amides is 1. The molecule has 144 valence electrons. The lowest BCUT2D eigenvalue weighted by Gasteiger charge is -2.08. The third kappa shape index (κ3) is 4.85. The number of hydrogen-bond donors (Lipinski definition) is 2. The van der Waals surface area contributed by atoms with Crippen molar-refractivity contribution >= 4 is 38.2 Å². The van der Waals surface area contributed by atoms with Gasteiger partial charge in [0.2, 0.25) is 15.2 Å². The Morgan fingerprint density at radius 2 is 1.64 bits per heavy atom. The second-order valence-corrected chi connectivity index (χ2v) is 8.40. The molecule has 0 atom stereocenters. The highest BCUT2D eigenvalue weighted by molar-refractivity contribution is 7.89. The number of anilines is 1. The van der Waals surface area contributed by atoms with Crippen LogP contribution >= 0.6 is 11.3 Å². The van der Waals surface area contributed by atoms with Crippen LogP contribution in [-0.4, -0.2) is 30.3 Å². The van der Waals surface area contributed by atoms with Crippen LogP contribution in [0.15, 0.2) is 58.9 Å². The van der Waals surface area contributed by atoms with E-state index in [-0.39, 0.29) is 23.1 Å². The lowest BCUT2D eigenvalue weighted by molar-refractivity contribution is 0.101. The molecule has 0 spiro atoms. The first-order valence-corrected chi connectivity index (χ1v) is 10.5. The Labute approximate surface area is 165 Å². The molecule has 0 bridgehead atoms. The molecule has 0 fully saturated rings. The number of carbonyl (C=O) groups excluding carboxylic acids is 2.